The third kappa shape index (κ3) is 3.15. The van der Waals surface area contributed by atoms with Gasteiger partial charge in [-0.05, 0) is 12.5 Å². The minimum Gasteiger partial charge on any atom is -0.491 e. The van der Waals surface area contributed by atoms with Crippen LogP contribution in [0.5, 0.6) is 5.75 Å². The highest BCUT2D eigenvalue weighted by atomic mass is 16.5. The summed E-state index contributed by atoms with van der Waals surface area (Å²) in [6.07, 6.45) is 2.55. The average molecular weight is 261 g/mol. The standard InChI is InChI=1S/C15H19NO3/c1-3-11(15(17)18-2)8-9-16-13-10-19-14-7-5-4-6-12(13)14/h4-8,13,16H,3,9-10H2,1-2H3/b11-8-. The Morgan fingerprint density at radius 1 is 1.53 bits per heavy atom. The van der Waals surface area contributed by atoms with Crippen LogP contribution in [0.3, 0.4) is 0 Å². The predicted octanol–water partition coefficient (Wildman–Crippen LogP) is 2.22. The van der Waals surface area contributed by atoms with Crippen LogP contribution < -0.4 is 10.1 Å². The van der Waals surface area contributed by atoms with Crippen molar-refractivity contribution in [3.05, 3.63) is 41.5 Å². The minimum absolute atomic E-state index is 0.184. The monoisotopic (exact) mass is 261 g/mol. The van der Waals surface area contributed by atoms with E-state index >= 15 is 0 Å². The van der Waals surface area contributed by atoms with Gasteiger partial charge in [0.15, 0.2) is 0 Å². The molecule has 0 bridgehead atoms. The smallest absolute Gasteiger partial charge is 0.333 e. The van der Waals surface area contributed by atoms with Crippen LogP contribution in [0.25, 0.3) is 0 Å². The first-order valence-corrected chi connectivity index (χ1v) is 6.48. The topological polar surface area (TPSA) is 47.6 Å². The summed E-state index contributed by atoms with van der Waals surface area (Å²) < 4.78 is 10.3. The van der Waals surface area contributed by atoms with Gasteiger partial charge >= 0.3 is 5.97 Å². The molecule has 2 rings (SSSR count). The maximum atomic E-state index is 11.4. The van der Waals surface area contributed by atoms with Gasteiger partial charge in [0, 0.05) is 17.7 Å². The van der Waals surface area contributed by atoms with E-state index in [1.54, 1.807) is 0 Å². The van der Waals surface area contributed by atoms with E-state index in [0.29, 0.717) is 25.1 Å². The molecule has 1 aliphatic rings. The second kappa shape index (κ2) is 6.38. The number of carbonyl (C=O) groups is 1. The van der Waals surface area contributed by atoms with Crippen molar-refractivity contribution < 1.29 is 14.3 Å². The zero-order valence-corrected chi connectivity index (χ0v) is 11.3. The molecular weight excluding hydrogens is 242 g/mol. The van der Waals surface area contributed by atoms with Crippen LogP contribution >= 0.6 is 0 Å². The van der Waals surface area contributed by atoms with Gasteiger partial charge in [-0.25, -0.2) is 4.79 Å². The Hall–Kier alpha value is -1.81. The first-order chi connectivity index (χ1) is 9.26. The van der Waals surface area contributed by atoms with Crippen molar-refractivity contribution in [3.8, 4) is 5.75 Å². The molecule has 0 spiro atoms. The van der Waals surface area contributed by atoms with Crippen LogP contribution in [-0.4, -0.2) is 26.2 Å². The van der Waals surface area contributed by atoms with Crippen molar-refractivity contribution in [1.82, 2.24) is 5.32 Å². The molecule has 1 atom stereocenters. The van der Waals surface area contributed by atoms with Gasteiger partial charge in [-0.15, -0.1) is 0 Å². The summed E-state index contributed by atoms with van der Waals surface area (Å²) in [4.78, 5) is 11.4. The summed E-state index contributed by atoms with van der Waals surface area (Å²) >= 11 is 0. The van der Waals surface area contributed by atoms with Gasteiger partial charge in [0.25, 0.3) is 0 Å². The van der Waals surface area contributed by atoms with Gasteiger partial charge in [0.2, 0.25) is 0 Å². The number of nitrogens with one attached hydrogen (secondary N) is 1. The molecule has 0 aromatic heterocycles. The van der Waals surface area contributed by atoms with E-state index in [1.807, 2.05) is 31.2 Å². The fourth-order valence-electron chi connectivity index (χ4n) is 2.16. The molecule has 4 nitrogen and oxygen atoms in total. The molecule has 102 valence electrons. The lowest BCUT2D eigenvalue weighted by Gasteiger charge is -2.10. The molecule has 4 heteroatoms. The van der Waals surface area contributed by atoms with E-state index in [4.69, 9.17) is 9.47 Å². The zero-order valence-electron chi connectivity index (χ0n) is 11.3. The number of carbonyl (C=O) groups excluding carboxylic acids is 1. The molecular formula is C15H19NO3. The number of fused-ring (bicyclic) bond motifs is 1. The van der Waals surface area contributed by atoms with Crippen LogP contribution in [-0.2, 0) is 9.53 Å². The second-order valence-corrected chi connectivity index (χ2v) is 4.38. The fourth-order valence-corrected chi connectivity index (χ4v) is 2.16. The maximum Gasteiger partial charge on any atom is 0.333 e. The van der Waals surface area contributed by atoms with E-state index in [0.717, 1.165) is 5.75 Å². The Kier molecular flexibility index (Phi) is 4.58. The van der Waals surface area contributed by atoms with Crippen molar-refractivity contribution in [2.24, 2.45) is 0 Å². The minimum atomic E-state index is -0.257. The van der Waals surface area contributed by atoms with E-state index in [-0.39, 0.29) is 12.0 Å². The van der Waals surface area contributed by atoms with Crippen molar-refractivity contribution >= 4 is 5.97 Å². The molecule has 0 fully saturated rings. The Morgan fingerprint density at radius 3 is 3.05 bits per heavy atom. The summed E-state index contributed by atoms with van der Waals surface area (Å²) in [5, 5.41) is 3.37. The third-order valence-electron chi connectivity index (χ3n) is 3.24. The molecule has 19 heavy (non-hydrogen) atoms. The molecule has 0 aliphatic carbocycles. The highest BCUT2D eigenvalue weighted by Gasteiger charge is 2.22. The van der Waals surface area contributed by atoms with Crippen molar-refractivity contribution in [1.29, 1.82) is 0 Å². The maximum absolute atomic E-state index is 11.4. The summed E-state index contributed by atoms with van der Waals surface area (Å²) in [7, 11) is 1.40. The molecule has 0 radical (unpaired) electrons. The summed E-state index contributed by atoms with van der Waals surface area (Å²) in [6, 6.07) is 8.18. The van der Waals surface area contributed by atoms with Gasteiger partial charge in [-0.2, -0.15) is 0 Å². The lowest BCUT2D eigenvalue weighted by Crippen LogP contribution is -2.23. The van der Waals surface area contributed by atoms with Gasteiger partial charge in [-0.3, -0.25) is 0 Å². The van der Waals surface area contributed by atoms with Crippen LogP contribution in [0.15, 0.2) is 35.9 Å². The number of benzene rings is 1. The van der Waals surface area contributed by atoms with E-state index in [9.17, 15) is 4.79 Å². The summed E-state index contributed by atoms with van der Waals surface area (Å²) in [5.41, 5.74) is 1.87. The number of hydrogen-bond acceptors (Lipinski definition) is 4. The van der Waals surface area contributed by atoms with E-state index in [2.05, 4.69) is 11.4 Å². The van der Waals surface area contributed by atoms with Crippen LogP contribution in [0.2, 0.25) is 0 Å². The number of esters is 1. The molecule has 1 unspecified atom stereocenters. The van der Waals surface area contributed by atoms with Gasteiger partial charge in [0.1, 0.15) is 12.4 Å². The highest BCUT2D eigenvalue weighted by molar-refractivity contribution is 5.88. The first-order valence-electron chi connectivity index (χ1n) is 6.48. The Balaban J connectivity index is 1.94. The van der Waals surface area contributed by atoms with Crippen molar-refractivity contribution in [2.75, 3.05) is 20.3 Å². The van der Waals surface area contributed by atoms with Gasteiger partial charge in [-0.1, -0.05) is 31.2 Å². The average Bonchev–Trinajstić information content (AvgIpc) is 2.86. The quantitative estimate of drug-likeness (QED) is 0.652. The molecule has 0 amide bonds. The van der Waals surface area contributed by atoms with Gasteiger partial charge in [0.05, 0.1) is 13.2 Å². The van der Waals surface area contributed by atoms with Crippen LogP contribution in [0, 0.1) is 0 Å². The predicted molar refractivity (Wildman–Crippen MR) is 73.1 cm³/mol. The number of methoxy groups -OCH3 is 1. The summed E-state index contributed by atoms with van der Waals surface area (Å²) in [6.45, 7) is 3.20. The third-order valence-corrected chi connectivity index (χ3v) is 3.24. The number of hydrogen-bond donors (Lipinski definition) is 1. The van der Waals surface area contributed by atoms with Crippen molar-refractivity contribution in [2.45, 2.75) is 19.4 Å². The molecule has 0 saturated heterocycles. The zero-order chi connectivity index (χ0) is 13.7. The molecule has 1 aromatic rings. The first kappa shape index (κ1) is 13.6. The number of para-hydroxylation sites is 1. The Labute approximate surface area is 113 Å². The second-order valence-electron chi connectivity index (χ2n) is 4.38. The van der Waals surface area contributed by atoms with E-state index in [1.165, 1.54) is 12.7 Å². The normalized spacial score (nSPS) is 17.8. The lowest BCUT2D eigenvalue weighted by molar-refractivity contribution is -0.136. The van der Waals surface area contributed by atoms with Crippen LogP contribution in [0.1, 0.15) is 24.9 Å². The number of rotatable bonds is 5. The Morgan fingerprint density at radius 2 is 2.32 bits per heavy atom. The molecule has 1 N–H and O–H groups in total. The van der Waals surface area contributed by atoms with Crippen LogP contribution in [0.4, 0.5) is 0 Å². The summed E-state index contributed by atoms with van der Waals surface area (Å²) in [5.74, 6) is 0.681. The molecule has 1 aromatic carbocycles. The van der Waals surface area contributed by atoms with Gasteiger partial charge < -0.3 is 14.8 Å². The lowest BCUT2D eigenvalue weighted by atomic mass is 10.1. The SMILES string of the molecule is CC/C(=C/CNC1COc2ccccc21)C(=O)OC. The van der Waals surface area contributed by atoms with E-state index < -0.39 is 0 Å². The molecule has 1 aliphatic heterocycles. The molecule has 1 heterocycles. The van der Waals surface area contributed by atoms with Crippen molar-refractivity contribution in [3.63, 3.8) is 0 Å². The number of ether oxygens (including phenoxy) is 2. The fraction of sp³-hybridized carbons (Fsp3) is 0.400. The molecule has 0 saturated carbocycles. The largest absolute Gasteiger partial charge is 0.491 e. The highest BCUT2D eigenvalue weighted by Crippen LogP contribution is 2.31. The Bertz CT molecular complexity index is 482.